The summed E-state index contributed by atoms with van der Waals surface area (Å²) in [6.45, 7) is 6.99. The first-order valence-electron chi connectivity index (χ1n) is 9.61. The average molecular weight is 345 g/mol. The summed E-state index contributed by atoms with van der Waals surface area (Å²) in [7, 11) is 0. The van der Waals surface area contributed by atoms with Crippen LogP contribution in [-0.4, -0.2) is 61.0 Å². The van der Waals surface area contributed by atoms with Gasteiger partial charge in [-0.2, -0.15) is 10.5 Å². The van der Waals surface area contributed by atoms with Crippen molar-refractivity contribution >= 4 is 5.91 Å². The molecule has 0 aromatic rings. The van der Waals surface area contributed by atoms with E-state index in [4.69, 9.17) is 5.26 Å². The number of hydrogen-bond acceptors (Lipinski definition) is 5. The van der Waals surface area contributed by atoms with Crippen molar-refractivity contribution in [3.05, 3.63) is 0 Å². The first kappa shape index (κ1) is 19.7. The Balaban J connectivity index is 1.65. The molecular formula is C19H31N5O. The molecule has 25 heavy (non-hydrogen) atoms. The van der Waals surface area contributed by atoms with Crippen molar-refractivity contribution in [2.45, 2.75) is 51.5 Å². The lowest BCUT2D eigenvalue weighted by molar-refractivity contribution is -0.123. The number of carbonyl (C=O) groups excluding carboxylic acids is 1. The van der Waals surface area contributed by atoms with Crippen LogP contribution in [0.5, 0.6) is 0 Å². The maximum absolute atomic E-state index is 12.3. The maximum Gasteiger partial charge on any atom is 0.234 e. The number of carbonyl (C=O) groups is 1. The van der Waals surface area contributed by atoms with E-state index in [1.165, 1.54) is 12.8 Å². The standard InChI is InChI=1S/C19H31N5O/c1-16-4-2-6-18(12-16)22-19(25)15-24-10-8-23(9-11-24)14-17(13-21)5-3-7-20/h16-18H,2-6,8-12,14-15H2,1H3,(H,22,25)/t16-,17+,18-/m1/s1. The minimum absolute atomic E-state index is 0.0669. The summed E-state index contributed by atoms with van der Waals surface area (Å²) < 4.78 is 0. The van der Waals surface area contributed by atoms with Crippen molar-refractivity contribution in [3.8, 4) is 12.1 Å². The zero-order chi connectivity index (χ0) is 18.1. The van der Waals surface area contributed by atoms with E-state index in [-0.39, 0.29) is 11.8 Å². The molecule has 2 aliphatic rings. The third-order valence-corrected chi connectivity index (χ3v) is 5.40. The third-order valence-electron chi connectivity index (χ3n) is 5.40. The van der Waals surface area contributed by atoms with Crippen molar-refractivity contribution in [1.82, 2.24) is 15.1 Å². The lowest BCUT2D eigenvalue weighted by Crippen LogP contribution is -2.51. The van der Waals surface area contributed by atoms with Gasteiger partial charge < -0.3 is 5.32 Å². The topological polar surface area (TPSA) is 83.2 Å². The van der Waals surface area contributed by atoms with Crippen LogP contribution in [0.3, 0.4) is 0 Å². The van der Waals surface area contributed by atoms with Crippen LogP contribution >= 0.6 is 0 Å². The smallest absolute Gasteiger partial charge is 0.234 e. The lowest BCUT2D eigenvalue weighted by atomic mass is 9.87. The van der Waals surface area contributed by atoms with Crippen LogP contribution in [0.1, 0.15) is 45.4 Å². The van der Waals surface area contributed by atoms with Crippen LogP contribution in [0.4, 0.5) is 0 Å². The number of rotatable bonds is 7. The van der Waals surface area contributed by atoms with Gasteiger partial charge in [-0.3, -0.25) is 14.6 Å². The third kappa shape index (κ3) is 7.02. The van der Waals surface area contributed by atoms with E-state index in [1.807, 2.05) is 0 Å². The van der Waals surface area contributed by atoms with Crippen molar-refractivity contribution in [1.29, 1.82) is 10.5 Å². The summed E-state index contributed by atoms with van der Waals surface area (Å²) in [5.41, 5.74) is 0. The molecule has 1 aliphatic heterocycles. The van der Waals surface area contributed by atoms with Crippen LogP contribution in [0.2, 0.25) is 0 Å². The number of nitrogens with one attached hydrogen (secondary N) is 1. The molecule has 1 N–H and O–H groups in total. The first-order chi connectivity index (χ1) is 12.1. The Hall–Kier alpha value is -1.63. The molecule has 0 unspecified atom stereocenters. The fourth-order valence-electron chi connectivity index (χ4n) is 3.92. The number of amides is 1. The van der Waals surface area contributed by atoms with Gasteiger partial charge >= 0.3 is 0 Å². The molecular weight excluding hydrogens is 314 g/mol. The Morgan fingerprint density at radius 1 is 1.20 bits per heavy atom. The number of hydrogen-bond donors (Lipinski definition) is 1. The first-order valence-corrected chi connectivity index (χ1v) is 9.61. The molecule has 0 aromatic heterocycles. The second-order valence-electron chi connectivity index (χ2n) is 7.64. The minimum atomic E-state index is -0.0669. The Morgan fingerprint density at radius 2 is 1.92 bits per heavy atom. The zero-order valence-corrected chi connectivity index (χ0v) is 15.4. The quantitative estimate of drug-likeness (QED) is 0.760. The molecule has 0 aromatic carbocycles. The summed E-state index contributed by atoms with van der Waals surface area (Å²) in [6.07, 6.45) is 5.82. The normalized spacial score (nSPS) is 26.4. The van der Waals surface area contributed by atoms with Crippen LogP contribution in [0.25, 0.3) is 0 Å². The van der Waals surface area contributed by atoms with Crippen molar-refractivity contribution in [2.24, 2.45) is 11.8 Å². The summed E-state index contributed by atoms with van der Waals surface area (Å²) in [4.78, 5) is 16.8. The van der Waals surface area contributed by atoms with Gasteiger partial charge in [-0.05, 0) is 25.2 Å². The highest BCUT2D eigenvalue weighted by atomic mass is 16.2. The van der Waals surface area contributed by atoms with Gasteiger partial charge in [0.15, 0.2) is 0 Å². The van der Waals surface area contributed by atoms with Gasteiger partial charge in [0.05, 0.1) is 24.6 Å². The Kier molecular flexibility index (Phi) is 8.18. The molecule has 2 rings (SSSR count). The Bertz CT molecular complexity index is 501. The van der Waals surface area contributed by atoms with Crippen LogP contribution < -0.4 is 5.32 Å². The van der Waals surface area contributed by atoms with Crippen molar-refractivity contribution < 1.29 is 4.79 Å². The Labute approximate surface area is 151 Å². The molecule has 0 spiro atoms. The molecule has 0 radical (unpaired) electrons. The molecule has 3 atom stereocenters. The average Bonchev–Trinajstić information content (AvgIpc) is 2.60. The largest absolute Gasteiger partial charge is 0.352 e. The van der Waals surface area contributed by atoms with E-state index in [0.717, 1.165) is 51.5 Å². The predicted octanol–water partition coefficient (Wildman–Crippen LogP) is 1.74. The molecule has 0 bridgehead atoms. The fraction of sp³-hybridized carbons (Fsp3) is 0.842. The summed E-state index contributed by atoms with van der Waals surface area (Å²) in [6, 6.07) is 4.77. The highest BCUT2D eigenvalue weighted by Gasteiger charge is 2.24. The van der Waals surface area contributed by atoms with Crippen molar-refractivity contribution in [2.75, 3.05) is 39.3 Å². The molecule has 6 heteroatoms. The van der Waals surface area contributed by atoms with E-state index in [9.17, 15) is 10.1 Å². The predicted molar refractivity (Wildman–Crippen MR) is 96.4 cm³/mol. The highest BCUT2D eigenvalue weighted by Crippen LogP contribution is 2.23. The summed E-state index contributed by atoms with van der Waals surface area (Å²) >= 11 is 0. The highest BCUT2D eigenvalue weighted by molar-refractivity contribution is 5.78. The SMILES string of the molecule is C[C@@H]1CCC[C@@H](NC(=O)CN2CCN(C[C@H](C#N)CCC#N)CC2)C1. The monoisotopic (exact) mass is 345 g/mol. The van der Waals surface area contributed by atoms with Gasteiger partial charge in [-0.25, -0.2) is 0 Å². The second kappa shape index (κ2) is 10.4. The van der Waals surface area contributed by atoms with E-state index in [2.05, 4.69) is 34.2 Å². The van der Waals surface area contributed by atoms with Crippen LogP contribution in [-0.2, 0) is 4.79 Å². The van der Waals surface area contributed by atoms with Gasteiger partial charge in [0.2, 0.25) is 5.91 Å². The minimum Gasteiger partial charge on any atom is -0.352 e. The van der Waals surface area contributed by atoms with Gasteiger partial charge in [0.25, 0.3) is 0 Å². The summed E-state index contributed by atoms with van der Waals surface area (Å²) in [5.74, 6) is 0.802. The van der Waals surface area contributed by atoms with E-state index in [1.54, 1.807) is 0 Å². The molecule has 1 heterocycles. The van der Waals surface area contributed by atoms with Gasteiger partial charge in [0.1, 0.15) is 0 Å². The van der Waals surface area contributed by atoms with Crippen LogP contribution in [0.15, 0.2) is 0 Å². The van der Waals surface area contributed by atoms with Crippen LogP contribution in [0, 0.1) is 34.5 Å². The molecule has 138 valence electrons. The Morgan fingerprint density at radius 3 is 2.56 bits per heavy atom. The zero-order valence-electron chi connectivity index (χ0n) is 15.4. The fourth-order valence-corrected chi connectivity index (χ4v) is 3.92. The number of nitriles is 2. The summed E-state index contributed by atoms with van der Waals surface area (Å²) in [5, 5.41) is 21.0. The van der Waals surface area contributed by atoms with Gasteiger partial charge in [-0.15, -0.1) is 0 Å². The molecule has 2 fully saturated rings. The molecule has 1 aliphatic carbocycles. The second-order valence-corrected chi connectivity index (χ2v) is 7.64. The molecule has 1 saturated heterocycles. The van der Waals surface area contributed by atoms with E-state index in [0.29, 0.717) is 25.4 Å². The van der Waals surface area contributed by atoms with Gasteiger partial charge in [-0.1, -0.05) is 19.8 Å². The maximum atomic E-state index is 12.3. The molecule has 1 amide bonds. The van der Waals surface area contributed by atoms with E-state index < -0.39 is 0 Å². The number of piperazine rings is 1. The number of nitrogens with zero attached hydrogens (tertiary/aromatic N) is 4. The van der Waals surface area contributed by atoms with E-state index >= 15 is 0 Å². The lowest BCUT2D eigenvalue weighted by Gasteiger charge is -2.35. The van der Waals surface area contributed by atoms with Crippen molar-refractivity contribution in [3.63, 3.8) is 0 Å². The molecule has 6 nitrogen and oxygen atoms in total. The molecule has 1 saturated carbocycles. The van der Waals surface area contributed by atoms with Gasteiger partial charge in [0, 0.05) is 45.2 Å².